The smallest absolute Gasteiger partial charge is 0.408 e. The van der Waals surface area contributed by atoms with E-state index in [4.69, 9.17) is 4.74 Å². The van der Waals surface area contributed by atoms with Crippen LogP contribution < -0.4 is 10.6 Å². The van der Waals surface area contributed by atoms with Crippen LogP contribution in [0.4, 0.5) is 4.79 Å². The van der Waals surface area contributed by atoms with Gasteiger partial charge in [0.1, 0.15) is 5.60 Å². The van der Waals surface area contributed by atoms with Crippen molar-refractivity contribution >= 4 is 36.0 Å². The molecule has 0 aromatic carbocycles. The van der Waals surface area contributed by atoms with E-state index in [9.17, 15) is 4.79 Å². The molecular formula is C13H29IN4O2. The van der Waals surface area contributed by atoms with Gasteiger partial charge in [0.2, 0.25) is 0 Å². The Balaban J connectivity index is 0. The highest BCUT2D eigenvalue weighted by Crippen LogP contribution is 2.09. The van der Waals surface area contributed by atoms with E-state index in [1.54, 1.807) is 7.05 Å². The third-order valence-electron chi connectivity index (χ3n) is 2.16. The predicted octanol–water partition coefficient (Wildman–Crippen LogP) is 2.04. The fourth-order valence-corrected chi connectivity index (χ4v) is 1.36. The van der Waals surface area contributed by atoms with Crippen LogP contribution in [0.3, 0.4) is 0 Å². The topological polar surface area (TPSA) is 66.0 Å². The number of carbonyl (C=O) groups is 1. The van der Waals surface area contributed by atoms with Crippen LogP contribution in [0.2, 0.25) is 0 Å². The molecule has 0 bridgehead atoms. The van der Waals surface area contributed by atoms with Crippen molar-refractivity contribution in [2.45, 2.75) is 45.8 Å². The van der Waals surface area contributed by atoms with Crippen molar-refractivity contribution in [3.63, 3.8) is 0 Å². The van der Waals surface area contributed by atoms with Gasteiger partial charge in [0.25, 0.3) is 0 Å². The van der Waals surface area contributed by atoms with Crippen molar-refractivity contribution in [1.29, 1.82) is 0 Å². The van der Waals surface area contributed by atoms with Crippen molar-refractivity contribution in [2.24, 2.45) is 4.99 Å². The summed E-state index contributed by atoms with van der Waals surface area (Å²) in [5, 5.41) is 6.02. The molecule has 0 saturated heterocycles. The summed E-state index contributed by atoms with van der Waals surface area (Å²) in [7, 11) is 5.53. The minimum absolute atomic E-state index is 0. The van der Waals surface area contributed by atoms with Gasteiger partial charge in [-0.1, -0.05) is 0 Å². The van der Waals surface area contributed by atoms with E-state index < -0.39 is 17.2 Å². The van der Waals surface area contributed by atoms with Gasteiger partial charge in [-0.05, 0) is 34.6 Å². The number of ether oxygens (including phenoxy) is 1. The lowest BCUT2D eigenvalue weighted by molar-refractivity contribution is 0.0474. The fraction of sp³-hybridized carbons (Fsp3) is 0.846. The van der Waals surface area contributed by atoms with E-state index in [-0.39, 0.29) is 24.0 Å². The number of guanidine groups is 1. The van der Waals surface area contributed by atoms with Crippen LogP contribution >= 0.6 is 24.0 Å². The second-order valence-electron chi connectivity index (χ2n) is 6.31. The number of nitrogens with zero attached hydrogens (tertiary/aromatic N) is 2. The number of halogens is 1. The second-order valence-corrected chi connectivity index (χ2v) is 6.31. The molecule has 1 amide bonds. The van der Waals surface area contributed by atoms with Gasteiger partial charge in [-0.15, -0.1) is 24.0 Å². The highest BCUT2D eigenvalue weighted by Gasteiger charge is 2.24. The van der Waals surface area contributed by atoms with E-state index in [1.807, 2.05) is 53.6 Å². The lowest BCUT2D eigenvalue weighted by atomic mass is 10.1. The second kappa shape index (κ2) is 8.53. The first-order valence-electron chi connectivity index (χ1n) is 6.36. The standard InChI is InChI=1S/C13H28N4O2.HI/c1-12(2,3)19-11(18)16-13(4,5)9-15-10(14-6)17(7)8;/h9H2,1-8H3,(H,14,15)(H,16,18);1H. The molecule has 0 unspecified atom stereocenters. The Morgan fingerprint density at radius 1 is 1.20 bits per heavy atom. The van der Waals surface area contributed by atoms with Crippen molar-refractivity contribution in [3.05, 3.63) is 0 Å². The zero-order valence-corrected chi connectivity index (χ0v) is 16.2. The van der Waals surface area contributed by atoms with Gasteiger partial charge < -0.3 is 20.3 Å². The van der Waals surface area contributed by atoms with Crippen LogP contribution in [-0.4, -0.2) is 55.8 Å². The molecule has 2 N–H and O–H groups in total. The maximum atomic E-state index is 11.7. The third kappa shape index (κ3) is 10.1. The van der Waals surface area contributed by atoms with Crippen LogP contribution in [0.5, 0.6) is 0 Å². The van der Waals surface area contributed by atoms with Gasteiger partial charge in [-0.25, -0.2) is 4.79 Å². The Morgan fingerprint density at radius 3 is 2.05 bits per heavy atom. The first-order chi connectivity index (χ1) is 8.47. The number of hydrogen-bond donors (Lipinski definition) is 2. The summed E-state index contributed by atoms with van der Waals surface area (Å²) in [4.78, 5) is 17.7. The maximum absolute atomic E-state index is 11.7. The van der Waals surface area contributed by atoms with Gasteiger partial charge >= 0.3 is 6.09 Å². The van der Waals surface area contributed by atoms with Gasteiger partial charge in [0.05, 0.1) is 5.54 Å². The molecule has 0 fully saturated rings. The summed E-state index contributed by atoms with van der Waals surface area (Å²) in [6.45, 7) is 9.92. The number of carbonyl (C=O) groups excluding carboxylic acids is 1. The molecule has 7 heteroatoms. The summed E-state index contributed by atoms with van der Waals surface area (Å²) in [6.07, 6.45) is -0.417. The molecule has 0 saturated carbocycles. The summed E-state index contributed by atoms with van der Waals surface area (Å²) >= 11 is 0. The molecule has 0 aliphatic rings. The quantitative estimate of drug-likeness (QED) is 0.433. The number of alkyl carbamates (subject to hydrolysis) is 1. The average molecular weight is 400 g/mol. The van der Waals surface area contributed by atoms with Gasteiger partial charge in [0.15, 0.2) is 5.96 Å². The summed E-state index contributed by atoms with van der Waals surface area (Å²) < 4.78 is 5.24. The Morgan fingerprint density at radius 2 is 1.70 bits per heavy atom. The number of aliphatic imine (C=N–C) groups is 1. The van der Waals surface area contributed by atoms with E-state index in [0.29, 0.717) is 6.54 Å². The monoisotopic (exact) mass is 400 g/mol. The summed E-state index contributed by atoms with van der Waals surface area (Å²) in [5.74, 6) is 0.763. The normalized spacial score (nSPS) is 12.3. The number of amides is 1. The molecule has 0 aliphatic heterocycles. The zero-order chi connectivity index (χ0) is 15.3. The Bertz CT molecular complexity index is 336. The largest absolute Gasteiger partial charge is 0.444 e. The highest BCUT2D eigenvalue weighted by atomic mass is 127. The van der Waals surface area contributed by atoms with Crippen molar-refractivity contribution < 1.29 is 9.53 Å². The Hall–Kier alpha value is -0.730. The zero-order valence-electron chi connectivity index (χ0n) is 13.8. The van der Waals surface area contributed by atoms with Crippen LogP contribution in [0.25, 0.3) is 0 Å². The average Bonchev–Trinajstić information content (AvgIpc) is 2.13. The fourth-order valence-electron chi connectivity index (χ4n) is 1.36. The first-order valence-corrected chi connectivity index (χ1v) is 6.36. The third-order valence-corrected chi connectivity index (χ3v) is 2.16. The van der Waals surface area contributed by atoms with E-state index >= 15 is 0 Å². The number of rotatable bonds is 3. The molecule has 0 aromatic heterocycles. The molecule has 0 aliphatic carbocycles. The molecule has 6 nitrogen and oxygen atoms in total. The number of nitrogens with one attached hydrogen (secondary N) is 2. The number of hydrogen-bond acceptors (Lipinski definition) is 3. The Kier molecular flexibility index (Phi) is 9.20. The van der Waals surface area contributed by atoms with E-state index in [1.165, 1.54) is 0 Å². The van der Waals surface area contributed by atoms with Crippen molar-refractivity contribution in [1.82, 2.24) is 15.5 Å². The van der Waals surface area contributed by atoms with Gasteiger partial charge in [0, 0.05) is 27.7 Å². The molecule has 0 spiro atoms. The minimum Gasteiger partial charge on any atom is -0.444 e. The van der Waals surface area contributed by atoms with Crippen LogP contribution in [-0.2, 0) is 4.74 Å². The van der Waals surface area contributed by atoms with E-state index in [2.05, 4.69) is 15.6 Å². The molecular weight excluding hydrogens is 371 g/mol. The predicted molar refractivity (Wildman–Crippen MR) is 93.9 cm³/mol. The molecule has 0 aromatic rings. The van der Waals surface area contributed by atoms with Crippen molar-refractivity contribution in [3.8, 4) is 0 Å². The molecule has 0 radical (unpaired) electrons. The summed E-state index contributed by atoms with van der Waals surface area (Å²) in [6, 6.07) is 0. The molecule has 0 rings (SSSR count). The Labute approximate surface area is 139 Å². The SMILES string of the molecule is CN=C(NCC(C)(C)NC(=O)OC(C)(C)C)N(C)C.I. The molecule has 0 heterocycles. The van der Waals surface area contributed by atoms with Crippen LogP contribution in [0, 0.1) is 0 Å². The lowest BCUT2D eigenvalue weighted by Crippen LogP contribution is -2.54. The molecule has 20 heavy (non-hydrogen) atoms. The van der Waals surface area contributed by atoms with Crippen molar-refractivity contribution in [2.75, 3.05) is 27.7 Å². The highest BCUT2D eigenvalue weighted by molar-refractivity contribution is 14.0. The van der Waals surface area contributed by atoms with Gasteiger partial charge in [-0.3, -0.25) is 4.99 Å². The first kappa shape index (κ1) is 21.6. The lowest BCUT2D eigenvalue weighted by Gasteiger charge is -2.30. The van der Waals surface area contributed by atoms with E-state index in [0.717, 1.165) is 5.96 Å². The minimum atomic E-state index is -0.493. The van der Waals surface area contributed by atoms with Crippen LogP contribution in [0.1, 0.15) is 34.6 Å². The van der Waals surface area contributed by atoms with Crippen LogP contribution in [0.15, 0.2) is 4.99 Å². The summed E-state index contributed by atoms with van der Waals surface area (Å²) in [5.41, 5.74) is -0.929. The molecule has 0 atom stereocenters. The van der Waals surface area contributed by atoms with Gasteiger partial charge in [-0.2, -0.15) is 0 Å². The maximum Gasteiger partial charge on any atom is 0.408 e. The molecule has 120 valence electrons.